The Labute approximate surface area is 132 Å². The number of hydrogen-bond donors (Lipinski definition) is 1. The molecule has 0 bridgehead atoms. The van der Waals surface area contributed by atoms with Crippen LogP contribution in [0.5, 0.6) is 0 Å². The Morgan fingerprint density at radius 3 is 2.32 bits per heavy atom. The van der Waals surface area contributed by atoms with Crippen molar-refractivity contribution in [3.8, 4) is 0 Å². The number of carbonyl (C=O) groups excluding carboxylic acids is 1. The van der Waals surface area contributed by atoms with E-state index < -0.39 is 16.1 Å². The molecule has 0 radical (unpaired) electrons. The molecule has 0 unspecified atom stereocenters. The summed E-state index contributed by atoms with van der Waals surface area (Å²) >= 11 is 0. The van der Waals surface area contributed by atoms with E-state index in [0.717, 1.165) is 6.26 Å². The maximum atomic E-state index is 12.3. The minimum Gasteiger partial charge on any atom is -0.325 e. The maximum Gasteiger partial charge on any atom is 0.242 e. The van der Waals surface area contributed by atoms with Gasteiger partial charge in [0.25, 0.3) is 0 Å². The van der Waals surface area contributed by atoms with Crippen LogP contribution in [0, 0.1) is 0 Å². The summed E-state index contributed by atoms with van der Waals surface area (Å²) in [4.78, 5) is 12.3. The fraction of sp³-hybridized carbons (Fsp3) is 0.562. The summed E-state index contributed by atoms with van der Waals surface area (Å²) in [6.07, 6.45) is 2.43. The van der Waals surface area contributed by atoms with Gasteiger partial charge >= 0.3 is 0 Å². The molecule has 5 nitrogen and oxygen atoms in total. The van der Waals surface area contributed by atoms with Gasteiger partial charge in [0, 0.05) is 12.2 Å². The van der Waals surface area contributed by atoms with Crippen molar-refractivity contribution in [1.82, 2.24) is 4.31 Å². The summed E-state index contributed by atoms with van der Waals surface area (Å²) < 4.78 is 24.7. The molecule has 1 aliphatic rings. The topological polar surface area (TPSA) is 66.5 Å². The molecule has 6 heteroatoms. The summed E-state index contributed by atoms with van der Waals surface area (Å²) in [5.74, 6) is -0.258. The Kier molecular flexibility index (Phi) is 4.63. The fourth-order valence-electron chi connectivity index (χ4n) is 2.68. The number of amides is 1. The Morgan fingerprint density at radius 1 is 1.23 bits per heavy atom. The Balaban J connectivity index is 2.09. The molecule has 1 aromatic carbocycles. The van der Waals surface area contributed by atoms with Crippen LogP contribution in [0.1, 0.15) is 39.2 Å². The SMILES string of the molecule is CC(C)(C)c1ccc(NC(=O)[C@H]2CCCN2S(C)(=O)=O)cc1. The first kappa shape index (κ1) is 17.0. The van der Waals surface area contributed by atoms with Gasteiger partial charge in [-0.3, -0.25) is 4.79 Å². The number of benzene rings is 1. The average molecular weight is 324 g/mol. The maximum absolute atomic E-state index is 12.3. The zero-order valence-electron chi connectivity index (χ0n) is 13.6. The van der Waals surface area contributed by atoms with E-state index in [4.69, 9.17) is 0 Å². The number of anilines is 1. The first-order valence-electron chi connectivity index (χ1n) is 7.47. The van der Waals surface area contributed by atoms with E-state index in [9.17, 15) is 13.2 Å². The normalized spacial score (nSPS) is 20.1. The largest absolute Gasteiger partial charge is 0.325 e. The number of sulfonamides is 1. The van der Waals surface area contributed by atoms with Crippen molar-refractivity contribution >= 4 is 21.6 Å². The van der Waals surface area contributed by atoms with E-state index in [1.54, 1.807) is 0 Å². The molecule has 1 fully saturated rings. The number of rotatable bonds is 3. The minimum absolute atomic E-state index is 0.0566. The minimum atomic E-state index is -3.34. The number of carbonyl (C=O) groups is 1. The number of hydrogen-bond acceptors (Lipinski definition) is 3. The summed E-state index contributed by atoms with van der Waals surface area (Å²) in [5.41, 5.74) is 1.93. The first-order chi connectivity index (χ1) is 10.1. The molecule has 0 aliphatic carbocycles. The van der Waals surface area contributed by atoms with Crippen LogP contribution in [-0.4, -0.2) is 37.5 Å². The molecule has 1 aromatic rings. The molecular weight excluding hydrogens is 300 g/mol. The van der Waals surface area contributed by atoms with Crippen LogP contribution in [0.3, 0.4) is 0 Å². The third kappa shape index (κ3) is 3.87. The van der Waals surface area contributed by atoms with Crippen LogP contribution in [0.2, 0.25) is 0 Å². The van der Waals surface area contributed by atoms with Crippen molar-refractivity contribution in [2.75, 3.05) is 18.1 Å². The third-order valence-corrected chi connectivity index (χ3v) is 5.24. The van der Waals surface area contributed by atoms with Crippen molar-refractivity contribution < 1.29 is 13.2 Å². The van der Waals surface area contributed by atoms with Crippen molar-refractivity contribution in [2.24, 2.45) is 0 Å². The average Bonchev–Trinajstić information content (AvgIpc) is 2.87. The quantitative estimate of drug-likeness (QED) is 0.928. The Bertz CT molecular complexity index is 645. The highest BCUT2D eigenvalue weighted by Gasteiger charge is 2.36. The van der Waals surface area contributed by atoms with Gasteiger partial charge in [-0.05, 0) is 36.0 Å². The van der Waals surface area contributed by atoms with Gasteiger partial charge in [-0.1, -0.05) is 32.9 Å². The predicted octanol–water partition coefficient (Wildman–Crippen LogP) is 2.35. The van der Waals surface area contributed by atoms with Crippen LogP contribution >= 0.6 is 0 Å². The molecule has 0 saturated carbocycles. The lowest BCUT2D eigenvalue weighted by molar-refractivity contribution is -0.119. The van der Waals surface area contributed by atoms with Crippen LogP contribution in [0.15, 0.2) is 24.3 Å². The summed E-state index contributed by atoms with van der Waals surface area (Å²) in [7, 11) is -3.34. The van der Waals surface area contributed by atoms with E-state index >= 15 is 0 Å². The predicted molar refractivity (Wildman–Crippen MR) is 88.3 cm³/mol. The molecule has 1 amide bonds. The highest BCUT2D eigenvalue weighted by molar-refractivity contribution is 7.88. The third-order valence-electron chi connectivity index (χ3n) is 3.95. The summed E-state index contributed by atoms with van der Waals surface area (Å²) in [5, 5.41) is 2.82. The smallest absolute Gasteiger partial charge is 0.242 e. The van der Waals surface area contributed by atoms with Gasteiger partial charge in [0.2, 0.25) is 15.9 Å². The molecule has 22 heavy (non-hydrogen) atoms. The van der Waals surface area contributed by atoms with Gasteiger partial charge in [0.1, 0.15) is 6.04 Å². The van der Waals surface area contributed by atoms with Gasteiger partial charge in [-0.25, -0.2) is 8.42 Å². The fourth-order valence-corrected chi connectivity index (χ4v) is 3.80. The molecule has 1 aliphatic heterocycles. The van der Waals surface area contributed by atoms with Gasteiger partial charge in [-0.2, -0.15) is 4.31 Å². The van der Waals surface area contributed by atoms with Crippen molar-refractivity contribution in [1.29, 1.82) is 0 Å². The van der Waals surface area contributed by atoms with E-state index in [0.29, 0.717) is 25.1 Å². The Morgan fingerprint density at radius 2 is 1.82 bits per heavy atom. The van der Waals surface area contributed by atoms with E-state index in [2.05, 4.69) is 26.1 Å². The van der Waals surface area contributed by atoms with Crippen molar-refractivity contribution in [2.45, 2.75) is 45.1 Å². The summed E-state index contributed by atoms with van der Waals surface area (Å²) in [6.45, 7) is 6.80. The van der Waals surface area contributed by atoms with Crippen molar-refractivity contribution in [3.63, 3.8) is 0 Å². The molecule has 1 atom stereocenters. The monoisotopic (exact) mass is 324 g/mol. The molecule has 122 valence electrons. The second-order valence-electron chi connectivity index (χ2n) is 6.85. The van der Waals surface area contributed by atoms with Crippen LogP contribution < -0.4 is 5.32 Å². The second kappa shape index (κ2) is 6.01. The van der Waals surface area contributed by atoms with E-state index in [1.807, 2.05) is 24.3 Å². The van der Waals surface area contributed by atoms with Gasteiger partial charge < -0.3 is 5.32 Å². The van der Waals surface area contributed by atoms with Gasteiger partial charge in [0.05, 0.1) is 6.26 Å². The summed E-state index contributed by atoms with van der Waals surface area (Å²) in [6, 6.07) is 7.09. The van der Waals surface area contributed by atoms with Crippen LogP contribution in [0.4, 0.5) is 5.69 Å². The Hall–Kier alpha value is -1.40. The molecule has 1 N–H and O–H groups in total. The standard InChI is InChI=1S/C16H24N2O3S/c1-16(2,3)12-7-9-13(10-8-12)17-15(19)14-6-5-11-18(14)22(4,20)21/h7-10,14H,5-6,11H2,1-4H3,(H,17,19)/t14-/m1/s1. The molecule has 0 aromatic heterocycles. The van der Waals surface area contributed by atoms with Crippen LogP contribution in [-0.2, 0) is 20.2 Å². The lowest BCUT2D eigenvalue weighted by Crippen LogP contribution is -2.42. The van der Waals surface area contributed by atoms with Gasteiger partial charge in [-0.15, -0.1) is 0 Å². The van der Waals surface area contributed by atoms with E-state index in [-0.39, 0.29) is 11.3 Å². The zero-order chi connectivity index (χ0) is 16.5. The molecule has 0 spiro atoms. The highest BCUT2D eigenvalue weighted by atomic mass is 32.2. The molecule has 1 saturated heterocycles. The van der Waals surface area contributed by atoms with Crippen molar-refractivity contribution in [3.05, 3.63) is 29.8 Å². The molecule has 2 rings (SSSR count). The van der Waals surface area contributed by atoms with Crippen LogP contribution in [0.25, 0.3) is 0 Å². The van der Waals surface area contributed by atoms with Gasteiger partial charge in [0.15, 0.2) is 0 Å². The first-order valence-corrected chi connectivity index (χ1v) is 9.32. The number of nitrogens with one attached hydrogen (secondary N) is 1. The lowest BCUT2D eigenvalue weighted by atomic mass is 9.87. The second-order valence-corrected chi connectivity index (χ2v) is 8.78. The highest BCUT2D eigenvalue weighted by Crippen LogP contribution is 2.25. The van der Waals surface area contributed by atoms with E-state index in [1.165, 1.54) is 9.87 Å². The molecule has 1 heterocycles. The number of nitrogens with zero attached hydrogens (tertiary/aromatic N) is 1. The lowest BCUT2D eigenvalue weighted by Gasteiger charge is -2.22. The zero-order valence-corrected chi connectivity index (χ0v) is 14.4. The molecular formula is C16H24N2O3S.